The zero-order chi connectivity index (χ0) is 10.7. The van der Waals surface area contributed by atoms with Crippen LogP contribution in [0.4, 0.5) is 0 Å². The second kappa shape index (κ2) is 4.40. The number of benzene rings is 1. The molecule has 0 atom stereocenters. The number of halogens is 1. The van der Waals surface area contributed by atoms with Crippen molar-refractivity contribution in [2.24, 2.45) is 0 Å². The minimum Gasteiger partial charge on any atom is -0.324 e. The fourth-order valence-corrected chi connectivity index (χ4v) is 1.84. The largest absolute Gasteiger partial charge is 0.324 e. The highest BCUT2D eigenvalue weighted by Crippen LogP contribution is 2.13. The Morgan fingerprint density at radius 2 is 2.33 bits per heavy atom. The Balaban J connectivity index is 2.25. The molecule has 0 saturated heterocycles. The standard InChI is InChI=1S/C11H9BrN2O/c12-10-3-1-2-9(4-10)6-14-8-13-5-11(14)7-15/h1-5,7-8H,6H2. The molecule has 1 heterocycles. The van der Waals surface area contributed by atoms with Crippen LogP contribution >= 0.6 is 15.9 Å². The van der Waals surface area contributed by atoms with Crippen molar-refractivity contribution in [2.75, 3.05) is 0 Å². The van der Waals surface area contributed by atoms with Crippen LogP contribution in [0.3, 0.4) is 0 Å². The predicted molar refractivity (Wildman–Crippen MR) is 60.9 cm³/mol. The molecule has 0 amide bonds. The highest BCUT2D eigenvalue weighted by atomic mass is 79.9. The van der Waals surface area contributed by atoms with Gasteiger partial charge >= 0.3 is 0 Å². The van der Waals surface area contributed by atoms with Crippen molar-refractivity contribution < 1.29 is 4.79 Å². The molecule has 0 N–H and O–H groups in total. The van der Waals surface area contributed by atoms with E-state index in [1.165, 1.54) is 0 Å². The van der Waals surface area contributed by atoms with E-state index >= 15 is 0 Å². The number of aldehydes is 1. The molecular weight excluding hydrogens is 256 g/mol. The molecule has 1 aromatic carbocycles. The molecule has 0 aliphatic rings. The molecule has 0 bridgehead atoms. The van der Waals surface area contributed by atoms with Crippen LogP contribution in [0.25, 0.3) is 0 Å². The van der Waals surface area contributed by atoms with Crippen LogP contribution in [0.5, 0.6) is 0 Å². The average Bonchev–Trinajstić information content (AvgIpc) is 2.65. The zero-order valence-electron chi connectivity index (χ0n) is 7.93. The number of nitrogens with zero attached hydrogens (tertiary/aromatic N) is 2. The lowest BCUT2D eigenvalue weighted by molar-refractivity contribution is 0.111. The molecular formula is C11H9BrN2O. The van der Waals surface area contributed by atoms with Crippen molar-refractivity contribution >= 4 is 22.2 Å². The van der Waals surface area contributed by atoms with E-state index < -0.39 is 0 Å². The molecule has 0 radical (unpaired) electrons. The topological polar surface area (TPSA) is 34.9 Å². The van der Waals surface area contributed by atoms with Gasteiger partial charge in [-0.15, -0.1) is 0 Å². The second-order valence-electron chi connectivity index (χ2n) is 3.19. The van der Waals surface area contributed by atoms with Crippen molar-refractivity contribution in [2.45, 2.75) is 6.54 Å². The molecule has 15 heavy (non-hydrogen) atoms. The molecule has 0 aliphatic heterocycles. The number of hydrogen-bond acceptors (Lipinski definition) is 2. The van der Waals surface area contributed by atoms with E-state index in [4.69, 9.17) is 0 Å². The fraction of sp³-hybridized carbons (Fsp3) is 0.0909. The van der Waals surface area contributed by atoms with Gasteiger partial charge < -0.3 is 4.57 Å². The first kappa shape index (κ1) is 10.1. The summed E-state index contributed by atoms with van der Waals surface area (Å²) in [5.41, 5.74) is 1.72. The molecule has 76 valence electrons. The first-order valence-corrected chi connectivity index (χ1v) is 5.28. The SMILES string of the molecule is O=Cc1cncn1Cc1cccc(Br)c1. The van der Waals surface area contributed by atoms with Gasteiger partial charge in [0, 0.05) is 11.0 Å². The van der Waals surface area contributed by atoms with Crippen LogP contribution < -0.4 is 0 Å². The Bertz CT molecular complexity index is 479. The van der Waals surface area contributed by atoms with Crippen LogP contribution in [-0.4, -0.2) is 15.8 Å². The minimum atomic E-state index is 0.593. The summed E-state index contributed by atoms with van der Waals surface area (Å²) >= 11 is 3.41. The molecule has 0 aliphatic carbocycles. The van der Waals surface area contributed by atoms with Crippen LogP contribution in [0, 0.1) is 0 Å². The van der Waals surface area contributed by atoms with E-state index in [2.05, 4.69) is 20.9 Å². The molecule has 3 nitrogen and oxygen atoms in total. The highest BCUT2D eigenvalue weighted by molar-refractivity contribution is 9.10. The first-order chi connectivity index (χ1) is 7.29. The van der Waals surface area contributed by atoms with E-state index in [1.54, 1.807) is 12.5 Å². The van der Waals surface area contributed by atoms with Crippen LogP contribution in [0.15, 0.2) is 41.3 Å². The number of carbonyl (C=O) groups excluding carboxylic acids is 1. The molecule has 0 fully saturated rings. The van der Waals surface area contributed by atoms with E-state index in [9.17, 15) is 4.79 Å². The molecule has 1 aromatic heterocycles. The van der Waals surface area contributed by atoms with Gasteiger partial charge in [0.05, 0.1) is 12.5 Å². The van der Waals surface area contributed by atoms with E-state index in [1.807, 2.05) is 28.8 Å². The number of rotatable bonds is 3. The molecule has 0 saturated carbocycles. The van der Waals surface area contributed by atoms with Crippen molar-refractivity contribution in [3.8, 4) is 0 Å². The summed E-state index contributed by atoms with van der Waals surface area (Å²) in [6, 6.07) is 7.98. The first-order valence-electron chi connectivity index (χ1n) is 4.49. The maximum absolute atomic E-state index is 10.7. The van der Waals surface area contributed by atoms with Gasteiger partial charge in [-0.2, -0.15) is 0 Å². The second-order valence-corrected chi connectivity index (χ2v) is 4.11. The summed E-state index contributed by atoms with van der Waals surface area (Å²) in [5, 5.41) is 0. The third-order valence-electron chi connectivity index (χ3n) is 2.11. The van der Waals surface area contributed by atoms with Crippen molar-refractivity contribution in [3.05, 3.63) is 52.5 Å². The molecule has 4 heteroatoms. The fourth-order valence-electron chi connectivity index (χ4n) is 1.39. The summed E-state index contributed by atoms with van der Waals surface area (Å²) < 4.78 is 2.85. The lowest BCUT2D eigenvalue weighted by Crippen LogP contribution is -2.01. The van der Waals surface area contributed by atoms with Crippen molar-refractivity contribution in [1.29, 1.82) is 0 Å². The minimum absolute atomic E-state index is 0.593. The highest BCUT2D eigenvalue weighted by Gasteiger charge is 2.01. The summed E-state index contributed by atoms with van der Waals surface area (Å²) in [6.45, 7) is 0.660. The Labute approximate surface area is 95.9 Å². The van der Waals surface area contributed by atoms with Gasteiger partial charge in [-0.3, -0.25) is 4.79 Å². The van der Waals surface area contributed by atoms with Gasteiger partial charge in [0.2, 0.25) is 0 Å². The quantitative estimate of drug-likeness (QED) is 0.799. The van der Waals surface area contributed by atoms with Crippen LogP contribution in [0.2, 0.25) is 0 Å². The van der Waals surface area contributed by atoms with Crippen molar-refractivity contribution in [3.63, 3.8) is 0 Å². The van der Waals surface area contributed by atoms with Gasteiger partial charge in [-0.25, -0.2) is 4.98 Å². The number of hydrogen-bond donors (Lipinski definition) is 0. The van der Waals surface area contributed by atoms with Crippen LogP contribution in [-0.2, 0) is 6.54 Å². The maximum Gasteiger partial charge on any atom is 0.168 e. The third kappa shape index (κ3) is 2.33. The zero-order valence-corrected chi connectivity index (χ0v) is 9.52. The predicted octanol–water partition coefficient (Wildman–Crippen LogP) is 2.51. The molecule has 0 unspecified atom stereocenters. The Hall–Kier alpha value is -1.42. The Morgan fingerprint density at radius 3 is 3.07 bits per heavy atom. The summed E-state index contributed by atoms with van der Waals surface area (Å²) in [6.07, 6.45) is 4.03. The summed E-state index contributed by atoms with van der Waals surface area (Å²) in [4.78, 5) is 14.6. The third-order valence-corrected chi connectivity index (χ3v) is 2.60. The van der Waals surface area contributed by atoms with Gasteiger partial charge in [0.1, 0.15) is 5.69 Å². The van der Waals surface area contributed by atoms with Gasteiger partial charge in [-0.1, -0.05) is 28.1 Å². The van der Waals surface area contributed by atoms with Gasteiger partial charge in [0.15, 0.2) is 6.29 Å². The van der Waals surface area contributed by atoms with E-state index in [-0.39, 0.29) is 0 Å². The van der Waals surface area contributed by atoms with E-state index in [0.29, 0.717) is 12.2 Å². The number of aromatic nitrogens is 2. The monoisotopic (exact) mass is 264 g/mol. The number of carbonyl (C=O) groups is 1. The van der Waals surface area contributed by atoms with Gasteiger partial charge in [-0.05, 0) is 17.7 Å². The Kier molecular flexibility index (Phi) is 2.97. The molecule has 2 rings (SSSR count). The summed E-state index contributed by atoms with van der Waals surface area (Å²) in [5.74, 6) is 0. The van der Waals surface area contributed by atoms with E-state index in [0.717, 1.165) is 16.3 Å². The average molecular weight is 265 g/mol. The lowest BCUT2D eigenvalue weighted by Gasteiger charge is -2.04. The summed E-state index contributed by atoms with van der Waals surface area (Å²) in [7, 11) is 0. The van der Waals surface area contributed by atoms with Gasteiger partial charge in [0.25, 0.3) is 0 Å². The van der Waals surface area contributed by atoms with Crippen LogP contribution in [0.1, 0.15) is 16.1 Å². The normalized spacial score (nSPS) is 10.2. The maximum atomic E-state index is 10.7. The molecule has 2 aromatic rings. The smallest absolute Gasteiger partial charge is 0.168 e. The Morgan fingerprint density at radius 1 is 1.47 bits per heavy atom. The van der Waals surface area contributed by atoms with Crippen molar-refractivity contribution in [1.82, 2.24) is 9.55 Å². The lowest BCUT2D eigenvalue weighted by atomic mass is 10.2. The number of imidazole rings is 1. The molecule has 0 spiro atoms.